The number of carbonyl (C=O) groups is 2. The van der Waals surface area contributed by atoms with Crippen molar-refractivity contribution in [1.29, 1.82) is 0 Å². The molecular formula is C8H4ClNO6. The summed E-state index contributed by atoms with van der Waals surface area (Å²) in [5.74, 6) is -3.23. The van der Waals surface area contributed by atoms with Gasteiger partial charge in [0.05, 0.1) is 4.92 Å². The molecule has 8 heteroatoms. The number of benzene rings is 1. The average molecular weight is 246 g/mol. The van der Waals surface area contributed by atoms with E-state index in [2.05, 4.69) is 0 Å². The smallest absolute Gasteiger partial charge is 0.342 e. The number of nitro benzene ring substituents is 1. The van der Waals surface area contributed by atoms with Crippen LogP contribution in [0.25, 0.3) is 0 Å². The molecule has 1 aromatic carbocycles. The molecule has 0 saturated heterocycles. The third-order valence-electron chi connectivity index (χ3n) is 1.72. The van der Waals surface area contributed by atoms with Gasteiger partial charge in [-0.25, -0.2) is 9.59 Å². The molecule has 0 saturated carbocycles. The molecule has 7 nitrogen and oxygen atoms in total. The number of aromatic carboxylic acids is 2. The Balaban J connectivity index is 3.67. The molecule has 0 heterocycles. The van der Waals surface area contributed by atoms with E-state index in [1.807, 2.05) is 0 Å². The Hall–Kier alpha value is -2.15. The van der Waals surface area contributed by atoms with Gasteiger partial charge < -0.3 is 10.2 Å². The standard InChI is InChI=1S/C8H4ClNO6/c9-3-1-4(7(11)12)6(10(15)16)5(2-3)8(13)14/h1-2H,(H,11,12)(H,13,14). The van der Waals surface area contributed by atoms with Gasteiger partial charge >= 0.3 is 11.9 Å². The molecular weight excluding hydrogens is 242 g/mol. The van der Waals surface area contributed by atoms with Crippen molar-refractivity contribution in [1.82, 2.24) is 0 Å². The van der Waals surface area contributed by atoms with Crippen molar-refractivity contribution in [2.24, 2.45) is 0 Å². The second kappa shape index (κ2) is 4.15. The zero-order valence-electron chi connectivity index (χ0n) is 7.51. The highest BCUT2D eigenvalue weighted by Gasteiger charge is 2.28. The molecule has 0 bridgehead atoms. The van der Waals surface area contributed by atoms with Crippen LogP contribution in [-0.2, 0) is 0 Å². The van der Waals surface area contributed by atoms with Gasteiger partial charge in [0.2, 0.25) is 0 Å². The summed E-state index contributed by atoms with van der Waals surface area (Å²) in [7, 11) is 0. The van der Waals surface area contributed by atoms with Gasteiger partial charge in [-0.05, 0) is 12.1 Å². The quantitative estimate of drug-likeness (QED) is 0.617. The minimum Gasteiger partial charge on any atom is -0.477 e. The summed E-state index contributed by atoms with van der Waals surface area (Å²) in [4.78, 5) is 30.9. The normalized spacial score (nSPS) is 9.81. The van der Waals surface area contributed by atoms with Crippen LogP contribution in [0, 0.1) is 10.1 Å². The van der Waals surface area contributed by atoms with Gasteiger partial charge in [-0.3, -0.25) is 10.1 Å². The number of nitro groups is 1. The zero-order valence-corrected chi connectivity index (χ0v) is 8.26. The minimum atomic E-state index is -1.61. The SMILES string of the molecule is O=C(O)c1cc(Cl)cc(C(=O)O)c1[N+](=O)[O-]. The Labute approximate surface area is 93.0 Å². The molecule has 0 spiro atoms. The van der Waals surface area contributed by atoms with Gasteiger partial charge in [0.1, 0.15) is 11.1 Å². The van der Waals surface area contributed by atoms with Crippen LogP contribution in [0.2, 0.25) is 5.02 Å². The molecule has 0 aromatic heterocycles. The van der Waals surface area contributed by atoms with Crippen molar-refractivity contribution < 1.29 is 24.7 Å². The fraction of sp³-hybridized carbons (Fsp3) is 0. The van der Waals surface area contributed by atoms with Crippen molar-refractivity contribution in [3.63, 3.8) is 0 Å². The van der Waals surface area contributed by atoms with E-state index in [4.69, 9.17) is 21.8 Å². The number of halogens is 1. The second-order valence-corrected chi connectivity index (χ2v) is 3.15. The largest absolute Gasteiger partial charge is 0.477 e. The molecule has 0 aliphatic carbocycles. The fourth-order valence-electron chi connectivity index (χ4n) is 1.12. The molecule has 84 valence electrons. The van der Waals surface area contributed by atoms with E-state index in [-0.39, 0.29) is 5.02 Å². The van der Waals surface area contributed by atoms with Crippen molar-refractivity contribution in [2.75, 3.05) is 0 Å². The number of hydrogen-bond acceptors (Lipinski definition) is 4. The van der Waals surface area contributed by atoms with E-state index < -0.39 is 33.7 Å². The molecule has 1 aromatic rings. The maximum atomic E-state index is 10.7. The summed E-state index contributed by atoms with van der Waals surface area (Å²) in [6.45, 7) is 0. The molecule has 0 unspecified atom stereocenters. The number of nitrogens with zero attached hydrogens (tertiary/aromatic N) is 1. The lowest BCUT2D eigenvalue weighted by molar-refractivity contribution is -0.385. The highest BCUT2D eigenvalue weighted by molar-refractivity contribution is 6.31. The van der Waals surface area contributed by atoms with Crippen LogP contribution in [0.4, 0.5) is 5.69 Å². The third kappa shape index (κ3) is 2.09. The van der Waals surface area contributed by atoms with Crippen molar-refractivity contribution in [2.45, 2.75) is 0 Å². The lowest BCUT2D eigenvalue weighted by Gasteiger charge is -2.02. The molecule has 0 fully saturated rings. The topological polar surface area (TPSA) is 118 Å². The highest BCUT2D eigenvalue weighted by Crippen LogP contribution is 2.28. The molecule has 1 rings (SSSR count). The van der Waals surface area contributed by atoms with Crippen LogP contribution in [0.5, 0.6) is 0 Å². The number of carboxylic acids is 2. The van der Waals surface area contributed by atoms with Crippen LogP contribution in [0.15, 0.2) is 12.1 Å². The lowest BCUT2D eigenvalue weighted by atomic mass is 10.1. The predicted octanol–water partition coefficient (Wildman–Crippen LogP) is 1.64. The summed E-state index contributed by atoms with van der Waals surface area (Å²) < 4.78 is 0. The van der Waals surface area contributed by atoms with E-state index >= 15 is 0 Å². The summed E-state index contributed by atoms with van der Waals surface area (Å²) in [5.41, 5.74) is -2.49. The monoisotopic (exact) mass is 245 g/mol. The Morgan fingerprint density at radius 1 is 1.19 bits per heavy atom. The molecule has 0 aliphatic rings. The van der Waals surface area contributed by atoms with Crippen molar-refractivity contribution in [3.8, 4) is 0 Å². The first kappa shape index (κ1) is 11.9. The summed E-state index contributed by atoms with van der Waals surface area (Å²) in [6.07, 6.45) is 0. The van der Waals surface area contributed by atoms with Crippen LogP contribution in [0.3, 0.4) is 0 Å². The molecule has 0 amide bonds. The Bertz CT molecular complexity index is 462. The Morgan fingerprint density at radius 2 is 1.56 bits per heavy atom. The van der Waals surface area contributed by atoms with E-state index in [0.717, 1.165) is 12.1 Å². The van der Waals surface area contributed by atoms with Crippen molar-refractivity contribution in [3.05, 3.63) is 38.4 Å². The van der Waals surface area contributed by atoms with Crippen molar-refractivity contribution >= 4 is 29.2 Å². The zero-order chi connectivity index (χ0) is 12.5. The molecule has 0 radical (unpaired) electrons. The number of hydrogen-bond donors (Lipinski definition) is 2. The Kier molecular flexibility index (Phi) is 3.09. The minimum absolute atomic E-state index is 0.194. The Morgan fingerprint density at radius 3 is 1.81 bits per heavy atom. The highest BCUT2D eigenvalue weighted by atomic mass is 35.5. The average Bonchev–Trinajstić information content (AvgIpc) is 2.15. The molecule has 16 heavy (non-hydrogen) atoms. The van der Waals surface area contributed by atoms with Gasteiger partial charge in [-0.2, -0.15) is 0 Å². The molecule has 0 atom stereocenters. The predicted molar refractivity (Wildman–Crippen MR) is 52.0 cm³/mol. The molecule has 0 aliphatic heterocycles. The van der Waals surface area contributed by atoms with E-state index in [9.17, 15) is 19.7 Å². The first-order valence-corrected chi connectivity index (χ1v) is 4.17. The lowest BCUT2D eigenvalue weighted by Crippen LogP contribution is -2.09. The van der Waals surface area contributed by atoms with E-state index in [0.29, 0.717) is 0 Å². The fourth-order valence-corrected chi connectivity index (χ4v) is 1.34. The third-order valence-corrected chi connectivity index (χ3v) is 1.94. The number of rotatable bonds is 3. The molecule has 2 N–H and O–H groups in total. The maximum Gasteiger partial charge on any atom is 0.342 e. The van der Waals surface area contributed by atoms with Gasteiger partial charge in [0.25, 0.3) is 5.69 Å². The van der Waals surface area contributed by atoms with Gasteiger partial charge in [0, 0.05) is 5.02 Å². The second-order valence-electron chi connectivity index (χ2n) is 2.72. The van der Waals surface area contributed by atoms with Gasteiger partial charge in [-0.15, -0.1) is 0 Å². The van der Waals surface area contributed by atoms with Gasteiger partial charge in [-0.1, -0.05) is 11.6 Å². The summed E-state index contributed by atoms with van der Waals surface area (Å²) >= 11 is 5.47. The van der Waals surface area contributed by atoms with Gasteiger partial charge in [0.15, 0.2) is 0 Å². The van der Waals surface area contributed by atoms with Crippen LogP contribution in [0.1, 0.15) is 20.7 Å². The van der Waals surface area contributed by atoms with Crippen LogP contribution < -0.4 is 0 Å². The van der Waals surface area contributed by atoms with E-state index in [1.165, 1.54) is 0 Å². The summed E-state index contributed by atoms with van der Waals surface area (Å²) in [5, 5.41) is 27.8. The first-order valence-electron chi connectivity index (χ1n) is 3.79. The maximum absolute atomic E-state index is 10.7. The summed E-state index contributed by atoms with van der Waals surface area (Å²) in [6, 6.07) is 1.66. The van der Waals surface area contributed by atoms with Crippen LogP contribution >= 0.6 is 11.6 Å². The number of carboxylic acid groups (broad SMARTS) is 2. The van der Waals surface area contributed by atoms with E-state index in [1.54, 1.807) is 0 Å². The van der Waals surface area contributed by atoms with Crippen LogP contribution in [-0.4, -0.2) is 27.1 Å². The first-order chi connectivity index (χ1) is 7.34.